The van der Waals surface area contributed by atoms with Gasteiger partial charge in [0.25, 0.3) is 0 Å². The molecule has 1 rings (SSSR count). The number of hydrogen-bond acceptors (Lipinski definition) is 1. The zero-order valence-electron chi connectivity index (χ0n) is 8.92. The average molecular weight is 180 g/mol. The second-order valence-corrected chi connectivity index (χ2v) is 4.59. The highest BCUT2D eigenvalue weighted by atomic mass is 16.1. The predicted molar refractivity (Wildman–Crippen MR) is 55.5 cm³/mol. The van der Waals surface area contributed by atoms with Crippen LogP contribution in [0.2, 0.25) is 0 Å². The molecular weight excluding hydrogens is 160 g/mol. The fourth-order valence-corrected chi connectivity index (χ4v) is 1.98. The van der Waals surface area contributed by atoms with Gasteiger partial charge in [-0.15, -0.1) is 0 Å². The first kappa shape index (κ1) is 10.5. The van der Waals surface area contributed by atoms with Crippen molar-refractivity contribution in [2.45, 2.75) is 40.0 Å². The zero-order chi connectivity index (χ0) is 9.84. The third-order valence-electron chi connectivity index (χ3n) is 2.92. The Labute approximate surface area is 81.2 Å². The van der Waals surface area contributed by atoms with E-state index in [1.165, 1.54) is 18.4 Å². The highest BCUT2D eigenvalue weighted by molar-refractivity contribution is 5.53. The minimum atomic E-state index is 0.206. The van der Waals surface area contributed by atoms with Crippen molar-refractivity contribution < 1.29 is 4.79 Å². The molecule has 0 radical (unpaired) electrons. The molecule has 1 aliphatic carbocycles. The van der Waals surface area contributed by atoms with Crippen molar-refractivity contribution in [3.63, 3.8) is 0 Å². The van der Waals surface area contributed by atoms with Crippen LogP contribution < -0.4 is 0 Å². The zero-order valence-corrected chi connectivity index (χ0v) is 8.92. The Morgan fingerprint density at radius 3 is 2.69 bits per heavy atom. The maximum absolute atomic E-state index is 10.5. The van der Waals surface area contributed by atoms with Crippen molar-refractivity contribution in [3.8, 4) is 0 Å². The van der Waals surface area contributed by atoms with Crippen LogP contribution in [-0.2, 0) is 4.79 Å². The summed E-state index contributed by atoms with van der Waals surface area (Å²) in [4.78, 5) is 10.5. The van der Waals surface area contributed by atoms with E-state index in [9.17, 15) is 4.79 Å². The van der Waals surface area contributed by atoms with Crippen molar-refractivity contribution in [1.29, 1.82) is 0 Å². The van der Waals surface area contributed by atoms with Gasteiger partial charge in [0, 0.05) is 5.92 Å². The second-order valence-electron chi connectivity index (χ2n) is 4.59. The minimum absolute atomic E-state index is 0.206. The first-order chi connectivity index (χ1) is 6.13. The molecule has 1 heteroatoms. The second kappa shape index (κ2) is 4.59. The van der Waals surface area contributed by atoms with E-state index >= 15 is 0 Å². The van der Waals surface area contributed by atoms with Gasteiger partial charge in [-0.3, -0.25) is 0 Å². The van der Waals surface area contributed by atoms with Crippen molar-refractivity contribution in [3.05, 3.63) is 11.6 Å². The molecule has 1 unspecified atom stereocenters. The highest BCUT2D eigenvalue weighted by Gasteiger charge is 2.19. The Morgan fingerprint density at radius 2 is 2.23 bits per heavy atom. The van der Waals surface area contributed by atoms with Gasteiger partial charge in [-0.1, -0.05) is 32.4 Å². The molecule has 0 saturated carbocycles. The lowest BCUT2D eigenvalue weighted by atomic mass is 9.96. The SMILES string of the molecule is CC(C=O)CC1=C[C@H](C(C)C)CC1. The summed E-state index contributed by atoms with van der Waals surface area (Å²) >= 11 is 0. The van der Waals surface area contributed by atoms with Crippen LogP contribution in [-0.4, -0.2) is 6.29 Å². The minimum Gasteiger partial charge on any atom is -0.303 e. The molecule has 0 aliphatic heterocycles. The van der Waals surface area contributed by atoms with Gasteiger partial charge < -0.3 is 4.79 Å². The number of allylic oxidation sites excluding steroid dienone is 2. The number of rotatable bonds is 4. The molecule has 0 aromatic carbocycles. The van der Waals surface area contributed by atoms with E-state index in [-0.39, 0.29) is 5.92 Å². The summed E-state index contributed by atoms with van der Waals surface area (Å²) in [6.07, 6.45) is 6.93. The lowest BCUT2D eigenvalue weighted by Gasteiger charge is -2.09. The fraction of sp³-hybridized carbons (Fsp3) is 0.750. The third kappa shape index (κ3) is 2.98. The summed E-state index contributed by atoms with van der Waals surface area (Å²) < 4.78 is 0. The van der Waals surface area contributed by atoms with Crippen molar-refractivity contribution >= 4 is 6.29 Å². The highest BCUT2D eigenvalue weighted by Crippen LogP contribution is 2.32. The number of carbonyl (C=O) groups excluding carboxylic acids is 1. The van der Waals surface area contributed by atoms with Crippen LogP contribution in [0.4, 0.5) is 0 Å². The predicted octanol–water partition coefficient (Wildman–Crippen LogP) is 3.20. The smallest absolute Gasteiger partial charge is 0.123 e. The van der Waals surface area contributed by atoms with Crippen LogP contribution >= 0.6 is 0 Å². The van der Waals surface area contributed by atoms with E-state index in [1.54, 1.807) is 0 Å². The van der Waals surface area contributed by atoms with Gasteiger partial charge >= 0.3 is 0 Å². The summed E-state index contributed by atoms with van der Waals surface area (Å²) in [5.74, 6) is 1.72. The quantitative estimate of drug-likeness (QED) is 0.479. The standard InChI is InChI=1S/C12H20O/c1-9(2)12-5-4-11(7-12)6-10(3)8-13/h7-10,12H,4-6H2,1-3H3/t10?,12-/m1/s1. The summed E-state index contributed by atoms with van der Waals surface area (Å²) in [5, 5.41) is 0. The Kier molecular flexibility index (Phi) is 3.71. The fourth-order valence-electron chi connectivity index (χ4n) is 1.98. The van der Waals surface area contributed by atoms with Gasteiger partial charge in [0.15, 0.2) is 0 Å². The third-order valence-corrected chi connectivity index (χ3v) is 2.92. The Morgan fingerprint density at radius 1 is 1.54 bits per heavy atom. The molecule has 13 heavy (non-hydrogen) atoms. The summed E-state index contributed by atoms with van der Waals surface area (Å²) in [6.45, 7) is 6.54. The van der Waals surface area contributed by atoms with Gasteiger partial charge in [0.05, 0.1) is 0 Å². The van der Waals surface area contributed by atoms with Crippen molar-refractivity contribution in [2.75, 3.05) is 0 Å². The molecule has 0 fully saturated rings. The van der Waals surface area contributed by atoms with Gasteiger partial charge in [0.1, 0.15) is 6.29 Å². The van der Waals surface area contributed by atoms with Crippen LogP contribution in [0.15, 0.2) is 11.6 Å². The van der Waals surface area contributed by atoms with Crippen LogP contribution in [0, 0.1) is 17.8 Å². The van der Waals surface area contributed by atoms with Crippen LogP contribution in [0.3, 0.4) is 0 Å². The van der Waals surface area contributed by atoms with E-state index in [0.717, 1.165) is 24.5 Å². The molecular formula is C12H20O. The van der Waals surface area contributed by atoms with Crippen molar-refractivity contribution in [1.82, 2.24) is 0 Å². The van der Waals surface area contributed by atoms with Crippen LogP contribution in [0.25, 0.3) is 0 Å². The summed E-state index contributed by atoms with van der Waals surface area (Å²) in [5.41, 5.74) is 1.50. The van der Waals surface area contributed by atoms with Gasteiger partial charge in [-0.05, 0) is 31.1 Å². The summed E-state index contributed by atoms with van der Waals surface area (Å²) in [7, 11) is 0. The molecule has 0 saturated heterocycles. The molecule has 1 nitrogen and oxygen atoms in total. The lowest BCUT2D eigenvalue weighted by molar-refractivity contribution is -0.110. The lowest BCUT2D eigenvalue weighted by Crippen LogP contribution is -2.00. The first-order valence-electron chi connectivity index (χ1n) is 5.28. The molecule has 0 N–H and O–H groups in total. The Bertz CT molecular complexity index is 203. The van der Waals surface area contributed by atoms with E-state index in [2.05, 4.69) is 19.9 Å². The number of aldehydes is 1. The number of hydrogen-bond donors (Lipinski definition) is 0. The molecule has 0 bridgehead atoms. The average Bonchev–Trinajstić information content (AvgIpc) is 2.52. The maximum atomic E-state index is 10.5. The molecule has 1 aliphatic rings. The molecule has 0 amide bonds. The molecule has 0 aromatic rings. The molecule has 0 heterocycles. The Balaban J connectivity index is 2.45. The van der Waals surface area contributed by atoms with Gasteiger partial charge in [-0.2, -0.15) is 0 Å². The summed E-state index contributed by atoms with van der Waals surface area (Å²) in [6, 6.07) is 0. The van der Waals surface area contributed by atoms with Gasteiger partial charge in [-0.25, -0.2) is 0 Å². The molecule has 0 aromatic heterocycles. The molecule has 74 valence electrons. The van der Waals surface area contributed by atoms with Crippen LogP contribution in [0.1, 0.15) is 40.0 Å². The van der Waals surface area contributed by atoms with E-state index in [0.29, 0.717) is 0 Å². The van der Waals surface area contributed by atoms with Gasteiger partial charge in [0.2, 0.25) is 0 Å². The van der Waals surface area contributed by atoms with E-state index < -0.39 is 0 Å². The van der Waals surface area contributed by atoms with E-state index in [4.69, 9.17) is 0 Å². The van der Waals surface area contributed by atoms with E-state index in [1.807, 2.05) is 6.92 Å². The first-order valence-corrected chi connectivity index (χ1v) is 5.28. The van der Waals surface area contributed by atoms with Crippen molar-refractivity contribution in [2.24, 2.45) is 17.8 Å². The largest absolute Gasteiger partial charge is 0.303 e. The number of carbonyl (C=O) groups is 1. The Hall–Kier alpha value is -0.590. The molecule has 0 spiro atoms. The van der Waals surface area contributed by atoms with Crippen LogP contribution in [0.5, 0.6) is 0 Å². The molecule has 2 atom stereocenters. The maximum Gasteiger partial charge on any atom is 0.123 e. The monoisotopic (exact) mass is 180 g/mol. The topological polar surface area (TPSA) is 17.1 Å². The normalized spacial score (nSPS) is 24.6.